The van der Waals surface area contributed by atoms with E-state index in [1.165, 1.54) is 12.1 Å². The van der Waals surface area contributed by atoms with Crippen molar-refractivity contribution in [3.8, 4) is 12.3 Å². The molecule has 0 aliphatic rings. The fourth-order valence-electron chi connectivity index (χ4n) is 1.24. The van der Waals surface area contributed by atoms with Gasteiger partial charge in [-0.2, -0.15) is 0 Å². The van der Waals surface area contributed by atoms with Crippen molar-refractivity contribution in [3.05, 3.63) is 28.0 Å². The molecule has 0 unspecified atom stereocenters. The topological polar surface area (TPSA) is 70.5 Å². The van der Waals surface area contributed by atoms with Gasteiger partial charge < -0.3 is 10.0 Å². The van der Waals surface area contributed by atoms with Gasteiger partial charge in [-0.15, -0.1) is 6.42 Å². The number of amides is 1. The minimum atomic E-state index is -1.16. The van der Waals surface area contributed by atoms with Crippen LogP contribution in [0.15, 0.2) is 12.1 Å². The van der Waals surface area contributed by atoms with Crippen LogP contribution in [0.2, 0.25) is 10.3 Å². The normalized spacial score (nSPS) is 9.61. The first-order valence-corrected chi connectivity index (χ1v) is 5.47. The van der Waals surface area contributed by atoms with Crippen molar-refractivity contribution >= 4 is 35.1 Å². The van der Waals surface area contributed by atoms with Gasteiger partial charge in [0.2, 0.25) is 0 Å². The number of aliphatic carboxylic acids is 1. The first-order chi connectivity index (χ1) is 8.43. The number of halogens is 2. The number of carboxylic acids is 1. The molecule has 1 N–H and O–H groups in total. The number of aromatic nitrogens is 1. The fraction of sp³-hybridized carbons (Fsp3) is 0.182. The Labute approximate surface area is 113 Å². The zero-order valence-electron chi connectivity index (χ0n) is 9.06. The van der Waals surface area contributed by atoms with Gasteiger partial charge >= 0.3 is 5.97 Å². The summed E-state index contributed by atoms with van der Waals surface area (Å²) in [6, 6.07) is 2.59. The molecule has 1 aromatic heterocycles. The van der Waals surface area contributed by atoms with Gasteiger partial charge in [0, 0.05) is 5.56 Å². The van der Waals surface area contributed by atoms with Gasteiger partial charge in [0.05, 0.1) is 6.54 Å². The average Bonchev–Trinajstić information content (AvgIpc) is 2.25. The molecule has 1 rings (SSSR count). The van der Waals surface area contributed by atoms with E-state index in [4.69, 9.17) is 34.7 Å². The molecule has 0 saturated carbocycles. The quantitative estimate of drug-likeness (QED) is 0.673. The Kier molecular flexibility index (Phi) is 4.95. The van der Waals surface area contributed by atoms with E-state index in [0.29, 0.717) is 0 Å². The van der Waals surface area contributed by atoms with Crippen LogP contribution in [-0.4, -0.2) is 40.0 Å². The molecule has 7 heteroatoms. The zero-order valence-corrected chi connectivity index (χ0v) is 10.6. The lowest BCUT2D eigenvalue weighted by Gasteiger charge is -2.17. The summed E-state index contributed by atoms with van der Waals surface area (Å²) in [5.41, 5.74) is 0.136. The molecule has 1 amide bonds. The van der Waals surface area contributed by atoms with Gasteiger partial charge in [-0.25, -0.2) is 4.98 Å². The van der Waals surface area contributed by atoms with Gasteiger partial charge in [0.1, 0.15) is 16.9 Å². The van der Waals surface area contributed by atoms with Crippen LogP contribution >= 0.6 is 23.2 Å². The van der Waals surface area contributed by atoms with Gasteiger partial charge in [0.15, 0.2) is 0 Å². The molecule has 0 fully saturated rings. The monoisotopic (exact) mass is 286 g/mol. The van der Waals surface area contributed by atoms with Crippen molar-refractivity contribution in [2.24, 2.45) is 0 Å². The third-order valence-corrected chi connectivity index (χ3v) is 2.29. The molecule has 0 saturated heterocycles. The molecule has 18 heavy (non-hydrogen) atoms. The number of carboxylic acid groups (broad SMARTS) is 1. The smallest absolute Gasteiger partial charge is 0.323 e. The van der Waals surface area contributed by atoms with Gasteiger partial charge in [0.25, 0.3) is 5.91 Å². The van der Waals surface area contributed by atoms with Crippen molar-refractivity contribution in [2.75, 3.05) is 13.1 Å². The Balaban J connectivity index is 3.01. The van der Waals surface area contributed by atoms with Crippen molar-refractivity contribution in [1.29, 1.82) is 0 Å². The molecule has 0 radical (unpaired) electrons. The van der Waals surface area contributed by atoms with Crippen molar-refractivity contribution in [1.82, 2.24) is 9.88 Å². The highest BCUT2D eigenvalue weighted by Crippen LogP contribution is 2.16. The predicted octanol–water partition coefficient (Wildman–Crippen LogP) is 1.55. The third-order valence-electron chi connectivity index (χ3n) is 1.91. The Morgan fingerprint density at radius 3 is 2.39 bits per heavy atom. The Morgan fingerprint density at radius 2 is 1.94 bits per heavy atom. The number of nitrogens with zero attached hydrogens (tertiary/aromatic N) is 2. The number of carbonyl (C=O) groups is 2. The maximum Gasteiger partial charge on any atom is 0.323 e. The molecule has 0 aromatic carbocycles. The second-order valence-electron chi connectivity index (χ2n) is 3.26. The summed E-state index contributed by atoms with van der Waals surface area (Å²) in [5.74, 6) is 0.483. The average molecular weight is 287 g/mol. The van der Waals surface area contributed by atoms with Crippen molar-refractivity contribution in [3.63, 3.8) is 0 Å². The highest BCUT2D eigenvalue weighted by Gasteiger charge is 2.18. The third kappa shape index (κ3) is 3.91. The van der Waals surface area contributed by atoms with E-state index in [1.807, 2.05) is 0 Å². The predicted molar refractivity (Wildman–Crippen MR) is 66.6 cm³/mol. The summed E-state index contributed by atoms with van der Waals surface area (Å²) in [7, 11) is 0. The molecule has 0 aliphatic heterocycles. The Morgan fingerprint density at radius 1 is 1.39 bits per heavy atom. The number of rotatable bonds is 4. The fourth-order valence-corrected chi connectivity index (χ4v) is 1.70. The lowest BCUT2D eigenvalue weighted by Crippen LogP contribution is -2.36. The van der Waals surface area contributed by atoms with Crippen LogP contribution in [0.3, 0.4) is 0 Å². The second kappa shape index (κ2) is 6.24. The minimum Gasteiger partial charge on any atom is -0.480 e. The summed E-state index contributed by atoms with van der Waals surface area (Å²) < 4.78 is 0. The van der Waals surface area contributed by atoms with Crippen LogP contribution < -0.4 is 0 Å². The van der Waals surface area contributed by atoms with Crippen LogP contribution in [0.1, 0.15) is 10.4 Å². The summed E-state index contributed by atoms with van der Waals surface area (Å²) in [5, 5.41) is 8.78. The van der Waals surface area contributed by atoms with E-state index in [1.54, 1.807) is 0 Å². The van der Waals surface area contributed by atoms with E-state index in [-0.39, 0.29) is 22.4 Å². The summed E-state index contributed by atoms with van der Waals surface area (Å²) in [4.78, 5) is 27.3. The molecule has 0 aliphatic carbocycles. The summed E-state index contributed by atoms with van der Waals surface area (Å²) in [6.07, 6.45) is 5.08. The minimum absolute atomic E-state index is 0.0434. The lowest BCUT2D eigenvalue weighted by atomic mass is 10.2. The number of carbonyl (C=O) groups excluding carboxylic acids is 1. The van der Waals surface area contributed by atoms with Crippen molar-refractivity contribution < 1.29 is 14.7 Å². The standard InChI is InChI=1S/C11H8Cl2N2O3/c1-2-3-15(6-10(16)17)11(18)7-4-8(12)14-9(13)5-7/h1,4-5H,3,6H2,(H,16,17). The van der Waals surface area contributed by atoms with E-state index in [0.717, 1.165) is 4.90 Å². The highest BCUT2D eigenvalue weighted by molar-refractivity contribution is 6.33. The van der Waals surface area contributed by atoms with E-state index < -0.39 is 18.4 Å². The van der Waals surface area contributed by atoms with Crippen LogP contribution in [0, 0.1) is 12.3 Å². The molecule has 0 atom stereocenters. The Bertz CT molecular complexity index is 505. The van der Waals surface area contributed by atoms with Crippen molar-refractivity contribution in [2.45, 2.75) is 0 Å². The lowest BCUT2D eigenvalue weighted by molar-refractivity contribution is -0.137. The number of hydrogen-bond acceptors (Lipinski definition) is 3. The zero-order chi connectivity index (χ0) is 13.7. The molecule has 1 aromatic rings. The number of pyridine rings is 1. The van der Waals surface area contributed by atoms with E-state index >= 15 is 0 Å². The first-order valence-electron chi connectivity index (χ1n) is 4.71. The van der Waals surface area contributed by atoms with Crippen LogP contribution in [0.25, 0.3) is 0 Å². The Hall–Kier alpha value is -1.77. The molecule has 5 nitrogen and oxygen atoms in total. The van der Waals surface area contributed by atoms with Gasteiger partial charge in [-0.05, 0) is 12.1 Å². The van der Waals surface area contributed by atoms with Gasteiger partial charge in [-0.1, -0.05) is 29.1 Å². The van der Waals surface area contributed by atoms with Crippen LogP contribution in [0.4, 0.5) is 0 Å². The highest BCUT2D eigenvalue weighted by atomic mass is 35.5. The summed E-state index contributed by atoms with van der Waals surface area (Å²) >= 11 is 11.3. The molecular weight excluding hydrogens is 279 g/mol. The molecular formula is C11H8Cl2N2O3. The van der Waals surface area contributed by atoms with E-state index in [2.05, 4.69) is 10.9 Å². The van der Waals surface area contributed by atoms with Crippen LogP contribution in [-0.2, 0) is 4.79 Å². The number of hydrogen-bond donors (Lipinski definition) is 1. The van der Waals surface area contributed by atoms with Gasteiger partial charge in [-0.3, -0.25) is 9.59 Å². The maximum absolute atomic E-state index is 12.0. The molecule has 94 valence electrons. The molecule has 0 spiro atoms. The molecule has 1 heterocycles. The molecule has 0 bridgehead atoms. The van der Waals surface area contributed by atoms with E-state index in [9.17, 15) is 9.59 Å². The summed E-state index contributed by atoms with van der Waals surface area (Å²) in [6.45, 7) is -0.622. The van der Waals surface area contributed by atoms with Crippen LogP contribution in [0.5, 0.6) is 0 Å². The number of terminal acetylenes is 1. The second-order valence-corrected chi connectivity index (χ2v) is 4.03. The first kappa shape index (κ1) is 14.3. The largest absolute Gasteiger partial charge is 0.480 e. The maximum atomic E-state index is 12.0. The SMILES string of the molecule is C#CCN(CC(=O)O)C(=O)c1cc(Cl)nc(Cl)c1.